The zero-order valence-corrected chi connectivity index (χ0v) is 9.02. The molecule has 2 fully saturated rings. The summed E-state index contributed by atoms with van der Waals surface area (Å²) in [4.78, 5) is 3.11. The molecule has 2 rings (SSSR count). The van der Waals surface area contributed by atoms with Crippen LogP contribution in [0.3, 0.4) is 0 Å². The van der Waals surface area contributed by atoms with Crippen LogP contribution in [0.4, 0.5) is 0 Å². The van der Waals surface area contributed by atoms with Crippen molar-refractivity contribution in [1.29, 1.82) is 0 Å². The molecule has 74 valence electrons. The van der Waals surface area contributed by atoms with Crippen LogP contribution in [0.5, 0.6) is 0 Å². The Bertz CT molecular complexity index is 205. The molecule has 3 atom stereocenters. The Morgan fingerprint density at radius 2 is 1.92 bits per heavy atom. The fraction of sp³-hybridized carbons (Fsp3) is 0.900. The summed E-state index contributed by atoms with van der Waals surface area (Å²) in [6, 6.07) is 0.306. The number of nitrogens with zero attached hydrogens (tertiary/aromatic N) is 1. The lowest BCUT2D eigenvalue weighted by atomic mass is 10.0. The zero-order chi connectivity index (χ0) is 9.42. The van der Waals surface area contributed by atoms with Crippen LogP contribution in [0.25, 0.3) is 0 Å². The fourth-order valence-corrected chi connectivity index (χ4v) is 2.92. The summed E-state index contributed by atoms with van der Waals surface area (Å²) in [5, 5.41) is 0. The van der Waals surface area contributed by atoms with Crippen molar-refractivity contribution in [2.24, 2.45) is 17.6 Å². The first-order chi connectivity index (χ1) is 6.18. The SMILES string of the molecule is CC(C(N)=S)N1CC2CCCC2C1. The molecule has 2 aliphatic rings. The number of thiocarbonyl (C=S) groups is 1. The van der Waals surface area contributed by atoms with Crippen molar-refractivity contribution in [3.05, 3.63) is 0 Å². The first-order valence-corrected chi connectivity index (χ1v) is 5.62. The van der Waals surface area contributed by atoms with Gasteiger partial charge in [-0.15, -0.1) is 0 Å². The quantitative estimate of drug-likeness (QED) is 0.680. The van der Waals surface area contributed by atoms with Gasteiger partial charge in [0.1, 0.15) is 0 Å². The van der Waals surface area contributed by atoms with Gasteiger partial charge >= 0.3 is 0 Å². The van der Waals surface area contributed by atoms with Gasteiger partial charge < -0.3 is 5.73 Å². The summed E-state index contributed by atoms with van der Waals surface area (Å²) in [6.07, 6.45) is 4.28. The second-order valence-corrected chi connectivity index (χ2v) is 4.95. The van der Waals surface area contributed by atoms with E-state index in [4.69, 9.17) is 18.0 Å². The third-order valence-electron chi connectivity index (χ3n) is 3.71. The number of hydrogen-bond acceptors (Lipinski definition) is 2. The van der Waals surface area contributed by atoms with Gasteiger partial charge in [0.15, 0.2) is 0 Å². The monoisotopic (exact) mass is 198 g/mol. The standard InChI is InChI=1S/C10H18N2S/c1-7(10(11)13)12-5-8-3-2-4-9(8)6-12/h7-9H,2-6H2,1H3,(H2,11,13). The molecular weight excluding hydrogens is 180 g/mol. The van der Waals surface area contributed by atoms with E-state index < -0.39 is 0 Å². The fourth-order valence-electron chi connectivity index (χ4n) is 2.77. The van der Waals surface area contributed by atoms with Gasteiger partial charge in [-0.1, -0.05) is 18.6 Å². The van der Waals surface area contributed by atoms with Crippen molar-refractivity contribution in [3.8, 4) is 0 Å². The van der Waals surface area contributed by atoms with Crippen LogP contribution < -0.4 is 5.73 Å². The van der Waals surface area contributed by atoms with Crippen LogP contribution in [0, 0.1) is 11.8 Å². The lowest BCUT2D eigenvalue weighted by Gasteiger charge is -2.23. The van der Waals surface area contributed by atoms with E-state index in [1.807, 2.05) is 0 Å². The second kappa shape index (κ2) is 3.54. The molecule has 3 heteroatoms. The molecule has 0 radical (unpaired) electrons. The summed E-state index contributed by atoms with van der Waals surface area (Å²) < 4.78 is 0. The maximum atomic E-state index is 5.66. The predicted molar refractivity (Wildman–Crippen MR) is 58.7 cm³/mol. The van der Waals surface area contributed by atoms with Crippen LogP contribution in [0.1, 0.15) is 26.2 Å². The van der Waals surface area contributed by atoms with Crippen molar-refractivity contribution in [1.82, 2.24) is 4.90 Å². The van der Waals surface area contributed by atoms with Gasteiger partial charge in [-0.05, 0) is 31.6 Å². The maximum absolute atomic E-state index is 5.66. The van der Waals surface area contributed by atoms with Gasteiger partial charge in [0.2, 0.25) is 0 Å². The molecule has 3 unspecified atom stereocenters. The van der Waals surface area contributed by atoms with Crippen LogP contribution in [-0.2, 0) is 0 Å². The summed E-state index contributed by atoms with van der Waals surface area (Å²) >= 11 is 5.02. The first kappa shape index (κ1) is 9.41. The van der Waals surface area contributed by atoms with E-state index in [-0.39, 0.29) is 0 Å². The van der Waals surface area contributed by atoms with E-state index in [0.717, 1.165) is 11.8 Å². The Morgan fingerprint density at radius 1 is 1.38 bits per heavy atom. The van der Waals surface area contributed by atoms with E-state index >= 15 is 0 Å². The van der Waals surface area contributed by atoms with E-state index in [0.29, 0.717) is 11.0 Å². The molecule has 0 aromatic carbocycles. The lowest BCUT2D eigenvalue weighted by molar-refractivity contribution is 0.290. The topological polar surface area (TPSA) is 29.3 Å². The molecule has 1 saturated carbocycles. The number of fused-ring (bicyclic) bond motifs is 1. The third-order valence-corrected chi connectivity index (χ3v) is 4.06. The van der Waals surface area contributed by atoms with E-state index in [9.17, 15) is 0 Å². The van der Waals surface area contributed by atoms with Crippen LogP contribution in [0.15, 0.2) is 0 Å². The van der Waals surface area contributed by atoms with E-state index in [1.165, 1.54) is 32.4 Å². The van der Waals surface area contributed by atoms with Crippen LogP contribution in [-0.4, -0.2) is 29.0 Å². The Morgan fingerprint density at radius 3 is 2.38 bits per heavy atom. The van der Waals surface area contributed by atoms with Crippen molar-refractivity contribution in [2.45, 2.75) is 32.2 Å². The summed E-state index contributed by atoms with van der Waals surface area (Å²) in [6.45, 7) is 4.58. The minimum Gasteiger partial charge on any atom is -0.392 e. The predicted octanol–water partition coefficient (Wildman–Crippen LogP) is 1.39. The van der Waals surface area contributed by atoms with Crippen molar-refractivity contribution < 1.29 is 0 Å². The normalized spacial score (nSPS) is 36.1. The summed E-state index contributed by atoms with van der Waals surface area (Å²) in [5.74, 6) is 1.88. The van der Waals surface area contributed by atoms with Crippen LogP contribution >= 0.6 is 12.2 Å². The van der Waals surface area contributed by atoms with Gasteiger partial charge in [-0.3, -0.25) is 4.90 Å². The second-order valence-electron chi connectivity index (χ2n) is 4.48. The van der Waals surface area contributed by atoms with Gasteiger partial charge in [0, 0.05) is 13.1 Å². The Hall–Kier alpha value is -0.150. The molecule has 0 aromatic rings. The molecule has 0 amide bonds. The highest BCUT2D eigenvalue weighted by atomic mass is 32.1. The summed E-state index contributed by atoms with van der Waals surface area (Å²) in [5.41, 5.74) is 5.66. The van der Waals surface area contributed by atoms with Crippen LogP contribution in [0.2, 0.25) is 0 Å². The lowest BCUT2D eigenvalue weighted by Crippen LogP contribution is -2.40. The number of nitrogens with two attached hydrogens (primary N) is 1. The Balaban J connectivity index is 1.95. The molecule has 0 bridgehead atoms. The molecule has 13 heavy (non-hydrogen) atoms. The molecule has 2 N–H and O–H groups in total. The van der Waals surface area contributed by atoms with Gasteiger partial charge in [0.25, 0.3) is 0 Å². The number of hydrogen-bond donors (Lipinski definition) is 1. The van der Waals surface area contributed by atoms with Gasteiger partial charge in [-0.2, -0.15) is 0 Å². The highest BCUT2D eigenvalue weighted by Crippen LogP contribution is 2.38. The molecule has 1 saturated heterocycles. The first-order valence-electron chi connectivity index (χ1n) is 5.22. The molecule has 0 spiro atoms. The van der Waals surface area contributed by atoms with Crippen molar-refractivity contribution >= 4 is 17.2 Å². The minimum absolute atomic E-state index is 0.306. The number of rotatable bonds is 2. The minimum atomic E-state index is 0.306. The maximum Gasteiger partial charge on any atom is 0.0899 e. The van der Waals surface area contributed by atoms with Crippen molar-refractivity contribution in [3.63, 3.8) is 0 Å². The molecule has 1 aliphatic carbocycles. The zero-order valence-electron chi connectivity index (χ0n) is 8.20. The highest BCUT2D eigenvalue weighted by molar-refractivity contribution is 7.80. The Kier molecular flexibility index (Phi) is 2.56. The summed E-state index contributed by atoms with van der Waals surface area (Å²) in [7, 11) is 0. The molecule has 1 aliphatic heterocycles. The largest absolute Gasteiger partial charge is 0.392 e. The number of likely N-dealkylation sites (tertiary alicyclic amines) is 1. The molecular formula is C10H18N2S. The highest BCUT2D eigenvalue weighted by Gasteiger charge is 2.37. The van der Waals surface area contributed by atoms with E-state index in [1.54, 1.807) is 0 Å². The average molecular weight is 198 g/mol. The van der Waals surface area contributed by atoms with E-state index in [2.05, 4.69) is 11.8 Å². The average Bonchev–Trinajstić information content (AvgIpc) is 2.59. The van der Waals surface area contributed by atoms with Crippen molar-refractivity contribution in [2.75, 3.05) is 13.1 Å². The van der Waals surface area contributed by atoms with Gasteiger partial charge in [-0.25, -0.2) is 0 Å². The Labute approximate surface area is 85.5 Å². The molecule has 0 aromatic heterocycles. The smallest absolute Gasteiger partial charge is 0.0899 e. The third kappa shape index (κ3) is 1.72. The molecule has 2 nitrogen and oxygen atoms in total. The van der Waals surface area contributed by atoms with Gasteiger partial charge in [0.05, 0.1) is 11.0 Å². The molecule has 1 heterocycles.